The van der Waals surface area contributed by atoms with Crippen molar-refractivity contribution in [1.82, 2.24) is 0 Å². The van der Waals surface area contributed by atoms with Crippen LogP contribution < -0.4 is 5.73 Å². The van der Waals surface area contributed by atoms with Crippen molar-refractivity contribution in [3.8, 4) is 0 Å². The number of nitrogens with two attached hydrogens (primary N) is 1. The van der Waals surface area contributed by atoms with E-state index in [1.807, 2.05) is 48.5 Å². The normalized spacial score (nSPS) is 11.6. The first-order chi connectivity index (χ1) is 9.66. The van der Waals surface area contributed by atoms with Crippen LogP contribution in [0.4, 0.5) is 0 Å². The summed E-state index contributed by atoms with van der Waals surface area (Å²) in [5.74, 6) is 0.614. The predicted molar refractivity (Wildman–Crippen MR) is 89.5 cm³/mol. The fourth-order valence-electron chi connectivity index (χ4n) is 1.61. The molecule has 0 aliphatic heterocycles. The minimum atomic E-state index is 0.532. The standard InChI is InChI=1S/C15H14Cl2N2S/c16-13-7-4-8-14(17)12(13)10-20-15(18)19-9-11-5-2-1-3-6-11/h1-8H,9-10H2,(H2,18,19). The van der Waals surface area contributed by atoms with E-state index in [0.29, 0.717) is 27.5 Å². The molecule has 2 aromatic carbocycles. The Morgan fingerprint density at radius 3 is 2.30 bits per heavy atom. The van der Waals surface area contributed by atoms with Gasteiger partial charge in [-0.15, -0.1) is 0 Å². The zero-order valence-corrected chi connectivity index (χ0v) is 13.1. The molecule has 0 amide bonds. The fourth-order valence-corrected chi connectivity index (χ4v) is 3.06. The van der Waals surface area contributed by atoms with Gasteiger partial charge in [-0.25, -0.2) is 0 Å². The zero-order chi connectivity index (χ0) is 14.4. The SMILES string of the molecule is NC(=NCc1ccccc1)SCc1c(Cl)cccc1Cl. The number of amidine groups is 1. The molecule has 0 unspecified atom stereocenters. The molecule has 0 heterocycles. The van der Waals surface area contributed by atoms with Gasteiger partial charge in [-0.1, -0.05) is 71.4 Å². The summed E-state index contributed by atoms with van der Waals surface area (Å²) in [7, 11) is 0. The molecule has 0 atom stereocenters. The van der Waals surface area contributed by atoms with Crippen molar-refractivity contribution < 1.29 is 0 Å². The summed E-state index contributed by atoms with van der Waals surface area (Å²) in [6.07, 6.45) is 0. The Bertz CT molecular complexity index is 580. The molecule has 2 N–H and O–H groups in total. The van der Waals surface area contributed by atoms with E-state index in [9.17, 15) is 0 Å². The van der Waals surface area contributed by atoms with Crippen LogP contribution in [0.15, 0.2) is 53.5 Å². The quantitative estimate of drug-likeness (QED) is 0.651. The maximum absolute atomic E-state index is 6.11. The highest BCUT2D eigenvalue weighted by atomic mass is 35.5. The van der Waals surface area contributed by atoms with E-state index >= 15 is 0 Å². The average molecular weight is 325 g/mol. The molecule has 2 rings (SSSR count). The minimum absolute atomic E-state index is 0.532. The van der Waals surface area contributed by atoms with Crippen LogP contribution in [-0.2, 0) is 12.3 Å². The highest BCUT2D eigenvalue weighted by Gasteiger charge is 2.06. The highest BCUT2D eigenvalue weighted by molar-refractivity contribution is 8.13. The summed E-state index contributed by atoms with van der Waals surface area (Å²) >= 11 is 13.7. The second-order valence-corrected chi connectivity index (χ2v) is 5.94. The summed E-state index contributed by atoms with van der Waals surface area (Å²) < 4.78 is 0. The van der Waals surface area contributed by atoms with Crippen LogP contribution in [0.25, 0.3) is 0 Å². The second-order valence-electron chi connectivity index (χ2n) is 4.13. The van der Waals surface area contributed by atoms with Crippen LogP contribution in [0.3, 0.4) is 0 Å². The minimum Gasteiger partial charge on any atom is -0.379 e. The van der Waals surface area contributed by atoms with Gasteiger partial charge >= 0.3 is 0 Å². The molecular weight excluding hydrogens is 311 g/mol. The van der Waals surface area contributed by atoms with E-state index in [4.69, 9.17) is 28.9 Å². The largest absolute Gasteiger partial charge is 0.379 e. The number of hydrogen-bond donors (Lipinski definition) is 1. The molecule has 0 saturated carbocycles. The number of halogens is 2. The number of rotatable bonds is 4. The van der Waals surface area contributed by atoms with Crippen molar-refractivity contribution in [2.45, 2.75) is 12.3 Å². The summed E-state index contributed by atoms with van der Waals surface area (Å²) in [6.45, 7) is 0.579. The molecule has 5 heteroatoms. The molecule has 0 spiro atoms. The van der Waals surface area contributed by atoms with Crippen molar-refractivity contribution in [2.24, 2.45) is 10.7 Å². The van der Waals surface area contributed by atoms with Gasteiger partial charge < -0.3 is 5.73 Å². The van der Waals surface area contributed by atoms with Gasteiger partial charge in [0, 0.05) is 15.8 Å². The maximum Gasteiger partial charge on any atom is 0.154 e. The van der Waals surface area contributed by atoms with E-state index in [1.165, 1.54) is 11.8 Å². The molecule has 0 radical (unpaired) electrons. The number of aliphatic imine (C=N–C) groups is 1. The van der Waals surface area contributed by atoms with Gasteiger partial charge in [0.25, 0.3) is 0 Å². The number of benzene rings is 2. The van der Waals surface area contributed by atoms with Crippen molar-refractivity contribution in [1.29, 1.82) is 0 Å². The van der Waals surface area contributed by atoms with Crippen LogP contribution in [0, 0.1) is 0 Å². The number of thioether (sulfide) groups is 1. The third-order valence-electron chi connectivity index (χ3n) is 2.69. The molecule has 0 fully saturated rings. The summed E-state index contributed by atoms with van der Waals surface area (Å²) in [5.41, 5.74) is 7.92. The van der Waals surface area contributed by atoms with E-state index in [2.05, 4.69) is 4.99 Å². The molecule has 0 aromatic heterocycles. The summed E-state index contributed by atoms with van der Waals surface area (Å²) in [4.78, 5) is 4.34. The molecule has 104 valence electrons. The molecular formula is C15H14Cl2N2S. The lowest BCUT2D eigenvalue weighted by Gasteiger charge is -2.06. The fraction of sp³-hybridized carbons (Fsp3) is 0.133. The Labute approximate surface area is 133 Å². The number of nitrogens with zero attached hydrogens (tertiary/aromatic N) is 1. The Hall–Kier alpha value is -1.16. The monoisotopic (exact) mass is 324 g/mol. The molecule has 2 nitrogen and oxygen atoms in total. The van der Waals surface area contributed by atoms with Crippen LogP contribution >= 0.6 is 35.0 Å². The van der Waals surface area contributed by atoms with E-state index in [-0.39, 0.29) is 0 Å². The molecule has 0 saturated heterocycles. The summed E-state index contributed by atoms with van der Waals surface area (Å²) in [5, 5.41) is 1.84. The smallest absolute Gasteiger partial charge is 0.154 e. The van der Waals surface area contributed by atoms with Crippen molar-refractivity contribution >= 4 is 40.1 Å². The van der Waals surface area contributed by atoms with Gasteiger partial charge in [-0.05, 0) is 23.3 Å². The molecule has 0 aliphatic carbocycles. The second kappa shape index (κ2) is 7.58. The first-order valence-corrected chi connectivity index (χ1v) is 7.80. The predicted octanol–water partition coefficient (Wildman–Crippen LogP) is 4.74. The third-order valence-corrected chi connectivity index (χ3v) is 4.25. The zero-order valence-electron chi connectivity index (χ0n) is 10.7. The van der Waals surface area contributed by atoms with Gasteiger partial charge in [0.05, 0.1) is 6.54 Å². The van der Waals surface area contributed by atoms with Gasteiger partial charge in [0.2, 0.25) is 0 Å². The lowest BCUT2D eigenvalue weighted by Crippen LogP contribution is -2.07. The Morgan fingerprint density at radius 1 is 1.00 bits per heavy atom. The van der Waals surface area contributed by atoms with Crippen LogP contribution in [-0.4, -0.2) is 5.17 Å². The molecule has 0 aliphatic rings. The highest BCUT2D eigenvalue weighted by Crippen LogP contribution is 2.28. The third kappa shape index (κ3) is 4.44. The lowest BCUT2D eigenvalue weighted by molar-refractivity contribution is 1.07. The van der Waals surface area contributed by atoms with Crippen LogP contribution in [0.5, 0.6) is 0 Å². The Kier molecular flexibility index (Phi) is 5.77. The lowest BCUT2D eigenvalue weighted by atomic mass is 10.2. The number of hydrogen-bond acceptors (Lipinski definition) is 2. The van der Waals surface area contributed by atoms with Crippen molar-refractivity contribution in [3.63, 3.8) is 0 Å². The first-order valence-electron chi connectivity index (χ1n) is 6.06. The molecule has 20 heavy (non-hydrogen) atoms. The molecule has 0 bridgehead atoms. The van der Waals surface area contributed by atoms with Crippen LogP contribution in [0.1, 0.15) is 11.1 Å². The summed E-state index contributed by atoms with van der Waals surface area (Å²) in [6, 6.07) is 15.5. The van der Waals surface area contributed by atoms with E-state index < -0.39 is 0 Å². The van der Waals surface area contributed by atoms with Crippen molar-refractivity contribution in [3.05, 3.63) is 69.7 Å². The Morgan fingerprint density at radius 2 is 1.65 bits per heavy atom. The van der Waals surface area contributed by atoms with Gasteiger partial charge in [-0.2, -0.15) is 0 Å². The van der Waals surface area contributed by atoms with Crippen LogP contribution in [0.2, 0.25) is 10.0 Å². The topological polar surface area (TPSA) is 38.4 Å². The van der Waals surface area contributed by atoms with Gasteiger partial charge in [0.15, 0.2) is 5.17 Å². The average Bonchev–Trinajstić information content (AvgIpc) is 2.46. The van der Waals surface area contributed by atoms with Crippen molar-refractivity contribution in [2.75, 3.05) is 0 Å². The first kappa shape index (κ1) is 15.2. The van der Waals surface area contributed by atoms with Gasteiger partial charge in [0.1, 0.15) is 0 Å². The van der Waals surface area contributed by atoms with Gasteiger partial charge in [-0.3, -0.25) is 4.99 Å². The molecule has 2 aromatic rings. The Balaban J connectivity index is 1.93. The maximum atomic E-state index is 6.11. The van der Waals surface area contributed by atoms with E-state index in [0.717, 1.165) is 11.1 Å². The van der Waals surface area contributed by atoms with E-state index in [1.54, 1.807) is 0 Å².